The Kier molecular flexibility index (Phi) is 4.89. The number of nitrogens with zero attached hydrogens (tertiary/aromatic N) is 2. The van der Waals surface area contributed by atoms with Crippen molar-refractivity contribution in [1.82, 2.24) is 9.78 Å². The number of aromatic nitrogens is 2. The first-order chi connectivity index (χ1) is 9.63. The predicted molar refractivity (Wildman–Crippen MR) is 82.4 cm³/mol. The fourth-order valence-electron chi connectivity index (χ4n) is 1.88. The van der Waals surface area contributed by atoms with Crippen LogP contribution in [0.2, 0.25) is 0 Å². The summed E-state index contributed by atoms with van der Waals surface area (Å²) in [5, 5.41) is 7.43. The van der Waals surface area contributed by atoms with Crippen LogP contribution in [0.4, 0.5) is 5.69 Å². The van der Waals surface area contributed by atoms with E-state index in [1.165, 1.54) is 0 Å². The van der Waals surface area contributed by atoms with Gasteiger partial charge in [-0.1, -0.05) is 0 Å². The van der Waals surface area contributed by atoms with Crippen LogP contribution < -0.4 is 14.8 Å². The van der Waals surface area contributed by atoms with E-state index in [1.807, 2.05) is 32.3 Å². The zero-order valence-corrected chi connectivity index (χ0v) is 13.4. The van der Waals surface area contributed by atoms with Crippen molar-refractivity contribution >= 4 is 21.6 Å². The Morgan fingerprint density at radius 3 is 2.80 bits per heavy atom. The van der Waals surface area contributed by atoms with Gasteiger partial charge in [-0.15, -0.1) is 0 Å². The third-order valence-corrected chi connectivity index (χ3v) is 3.37. The lowest BCUT2D eigenvalue weighted by molar-refractivity contribution is 0.308. The van der Waals surface area contributed by atoms with E-state index in [-0.39, 0.29) is 0 Å². The van der Waals surface area contributed by atoms with E-state index in [4.69, 9.17) is 9.47 Å². The molecule has 108 valence electrons. The van der Waals surface area contributed by atoms with Gasteiger partial charge in [0.15, 0.2) is 11.5 Å². The molecule has 0 amide bonds. The smallest absolute Gasteiger partial charge is 0.175 e. The largest absolute Gasteiger partial charge is 0.493 e. The minimum absolute atomic E-state index is 0.599. The van der Waals surface area contributed by atoms with Gasteiger partial charge in [-0.3, -0.25) is 4.68 Å². The molecule has 0 spiro atoms. The Morgan fingerprint density at radius 2 is 2.20 bits per heavy atom. The van der Waals surface area contributed by atoms with Crippen molar-refractivity contribution < 1.29 is 9.47 Å². The molecule has 0 saturated heterocycles. The number of benzene rings is 1. The summed E-state index contributed by atoms with van der Waals surface area (Å²) >= 11 is 3.52. The second kappa shape index (κ2) is 6.65. The lowest BCUT2D eigenvalue weighted by Gasteiger charge is -2.13. The summed E-state index contributed by atoms with van der Waals surface area (Å²) in [6.07, 6.45) is 3.72. The number of halogens is 1. The van der Waals surface area contributed by atoms with Gasteiger partial charge in [0.2, 0.25) is 0 Å². The molecular formula is C14H18BrN3O2. The number of methoxy groups -OCH3 is 1. The second-order valence-electron chi connectivity index (χ2n) is 4.30. The van der Waals surface area contributed by atoms with Gasteiger partial charge in [0.25, 0.3) is 0 Å². The highest BCUT2D eigenvalue weighted by Crippen LogP contribution is 2.36. The van der Waals surface area contributed by atoms with Crippen molar-refractivity contribution in [1.29, 1.82) is 0 Å². The molecule has 0 radical (unpaired) electrons. The third kappa shape index (κ3) is 3.45. The van der Waals surface area contributed by atoms with Gasteiger partial charge in [0, 0.05) is 19.8 Å². The van der Waals surface area contributed by atoms with Crippen molar-refractivity contribution in [3.63, 3.8) is 0 Å². The molecule has 1 N–H and O–H groups in total. The normalized spacial score (nSPS) is 10.4. The SMILES string of the molecule is CCOc1c(Br)cc(CNc2cnn(C)c2)cc1OC. The maximum Gasteiger partial charge on any atom is 0.175 e. The van der Waals surface area contributed by atoms with Gasteiger partial charge in [0.05, 0.1) is 30.1 Å². The van der Waals surface area contributed by atoms with E-state index in [2.05, 4.69) is 26.3 Å². The molecule has 20 heavy (non-hydrogen) atoms. The predicted octanol–water partition coefficient (Wildman–Crippen LogP) is 3.20. The molecule has 5 nitrogen and oxygen atoms in total. The van der Waals surface area contributed by atoms with Gasteiger partial charge in [-0.05, 0) is 40.5 Å². The Hall–Kier alpha value is -1.69. The zero-order chi connectivity index (χ0) is 14.5. The van der Waals surface area contributed by atoms with Crippen molar-refractivity contribution in [3.8, 4) is 11.5 Å². The first-order valence-corrected chi connectivity index (χ1v) is 7.15. The molecular weight excluding hydrogens is 322 g/mol. The first-order valence-electron chi connectivity index (χ1n) is 6.35. The van der Waals surface area contributed by atoms with E-state index >= 15 is 0 Å². The van der Waals surface area contributed by atoms with Crippen molar-refractivity contribution in [2.75, 3.05) is 19.0 Å². The molecule has 1 aromatic heterocycles. The molecule has 0 aliphatic rings. The van der Waals surface area contributed by atoms with Gasteiger partial charge < -0.3 is 14.8 Å². The van der Waals surface area contributed by atoms with Gasteiger partial charge in [-0.2, -0.15) is 5.10 Å². The second-order valence-corrected chi connectivity index (χ2v) is 5.15. The van der Waals surface area contributed by atoms with Crippen molar-refractivity contribution in [3.05, 3.63) is 34.6 Å². The van der Waals surface area contributed by atoms with Crippen LogP contribution >= 0.6 is 15.9 Å². The molecule has 2 aromatic rings. The van der Waals surface area contributed by atoms with Gasteiger partial charge >= 0.3 is 0 Å². The first kappa shape index (κ1) is 14.7. The molecule has 1 heterocycles. The van der Waals surface area contributed by atoms with E-state index in [0.29, 0.717) is 13.2 Å². The van der Waals surface area contributed by atoms with Crippen molar-refractivity contribution in [2.45, 2.75) is 13.5 Å². The molecule has 0 saturated carbocycles. The summed E-state index contributed by atoms with van der Waals surface area (Å²) < 4.78 is 13.6. The van der Waals surface area contributed by atoms with Crippen LogP contribution in [0.3, 0.4) is 0 Å². The van der Waals surface area contributed by atoms with Crippen LogP contribution in [-0.4, -0.2) is 23.5 Å². The summed E-state index contributed by atoms with van der Waals surface area (Å²) in [5.74, 6) is 1.46. The molecule has 0 unspecified atom stereocenters. The minimum atomic E-state index is 0.599. The van der Waals surface area contributed by atoms with E-state index in [1.54, 1.807) is 18.0 Å². The number of hydrogen-bond acceptors (Lipinski definition) is 4. The summed E-state index contributed by atoms with van der Waals surface area (Å²) in [5.41, 5.74) is 2.08. The Bertz CT molecular complexity index is 584. The van der Waals surface area contributed by atoms with Gasteiger partial charge in [-0.25, -0.2) is 0 Å². The molecule has 1 aromatic carbocycles. The monoisotopic (exact) mass is 339 g/mol. The average Bonchev–Trinajstić information content (AvgIpc) is 2.85. The Morgan fingerprint density at radius 1 is 1.40 bits per heavy atom. The lowest BCUT2D eigenvalue weighted by atomic mass is 10.2. The summed E-state index contributed by atoms with van der Waals surface area (Å²) in [6, 6.07) is 4.00. The fourth-order valence-corrected chi connectivity index (χ4v) is 2.48. The highest BCUT2D eigenvalue weighted by atomic mass is 79.9. The van der Waals surface area contributed by atoms with Crippen LogP contribution in [0.15, 0.2) is 29.0 Å². The number of anilines is 1. The topological polar surface area (TPSA) is 48.3 Å². The molecule has 6 heteroatoms. The molecule has 2 rings (SSSR count). The van der Waals surface area contributed by atoms with Crippen LogP contribution in [-0.2, 0) is 13.6 Å². The maximum absolute atomic E-state index is 5.57. The number of rotatable bonds is 6. The van der Waals surface area contributed by atoms with Crippen LogP contribution in [0, 0.1) is 0 Å². The van der Waals surface area contributed by atoms with Crippen molar-refractivity contribution in [2.24, 2.45) is 7.05 Å². The Balaban J connectivity index is 2.14. The highest BCUT2D eigenvalue weighted by molar-refractivity contribution is 9.10. The van der Waals surface area contributed by atoms with E-state index in [0.717, 1.165) is 27.2 Å². The Labute approximate surface area is 127 Å². The summed E-state index contributed by atoms with van der Waals surface area (Å²) in [6.45, 7) is 3.24. The zero-order valence-electron chi connectivity index (χ0n) is 11.8. The van der Waals surface area contributed by atoms with Gasteiger partial charge in [0.1, 0.15) is 0 Å². The standard InChI is InChI=1S/C14H18BrN3O2/c1-4-20-14-12(15)5-10(6-13(14)19-3)7-16-11-8-17-18(2)9-11/h5-6,8-9,16H,4,7H2,1-3H3. The molecule has 0 fully saturated rings. The van der Waals surface area contributed by atoms with E-state index < -0.39 is 0 Å². The summed E-state index contributed by atoms with van der Waals surface area (Å²) in [7, 11) is 3.53. The molecule has 0 bridgehead atoms. The van der Waals surface area contributed by atoms with Crippen LogP contribution in [0.1, 0.15) is 12.5 Å². The maximum atomic E-state index is 5.57. The third-order valence-electron chi connectivity index (χ3n) is 2.78. The number of ether oxygens (including phenoxy) is 2. The van der Waals surface area contributed by atoms with Crippen LogP contribution in [0.25, 0.3) is 0 Å². The number of aryl methyl sites for hydroxylation is 1. The molecule has 0 atom stereocenters. The number of nitrogens with one attached hydrogen (secondary N) is 1. The molecule has 0 aliphatic carbocycles. The minimum Gasteiger partial charge on any atom is -0.493 e. The quantitative estimate of drug-likeness (QED) is 0.877. The van der Waals surface area contributed by atoms with Crippen LogP contribution in [0.5, 0.6) is 11.5 Å². The average molecular weight is 340 g/mol. The molecule has 0 aliphatic heterocycles. The number of hydrogen-bond donors (Lipinski definition) is 1. The lowest BCUT2D eigenvalue weighted by Crippen LogP contribution is -2.02. The summed E-state index contributed by atoms with van der Waals surface area (Å²) in [4.78, 5) is 0. The highest BCUT2D eigenvalue weighted by Gasteiger charge is 2.11. The van der Waals surface area contributed by atoms with E-state index in [9.17, 15) is 0 Å². The fraction of sp³-hybridized carbons (Fsp3) is 0.357.